The third-order valence-corrected chi connectivity index (χ3v) is 4.62. The van der Waals surface area contributed by atoms with Crippen LogP contribution in [0.25, 0.3) is 28.2 Å². The highest BCUT2D eigenvalue weighted by Gasteiger charge is 2.26. The Labute approximate surface area is 141 Å². The van der Waals surface area contributed by atoms with Crippen molar-refractivity contribution in [2.24, 2.45) is 0 Å². The van der Waals surface area contributed by atoms with Crippen molar-refractivity contribution in [2.45, 2.75) is 6.42 Å². The predicted molar refractivity (Wildman–Crippen MR) is 97.2 cm³/mol. The molecule has 0 N–H and O–H groups in total. The molecule has 0 fully saturated rings. The van der Waals surface area contributed by atoms with Gasteiger partial charge in [0, 0.05) is 17.5 Å². The summed E-state index contributed by atoms with van der Waals surface area (Å²) in [4.78, 5) is 5.02. The highest BCUT2D eigenvalue weighted by Crippen LogP contribution is 2.39. The van der Waals surface area contributed by atoms with Crippen LogP contribution in [-0.2, 0) is 6.42 Å². The molecule has 114 valence electrons. The zero-order valence-electron chi connectivity index (χ0n) is 13.2. The van der Waals surface area contributed by atoms with Gasteiger partial charge in [-0.15, -0.1) is 0 Å². The Morgan fingerprint density at radius 1 is 0.667 bits per heavy atom. The van der Waals surface area contributed by atoms with E-state index >= 15 is 0 Å². The fraction of sp³-hybridized carbons (Fsp3) is 0.0455. The lowest BCUT2D eigenvalue weighted by Gasteiger charge is -2.10. The minimum atomic E-state index is 0.892. The number of nitrogens with zero attached hydrogens (tertiary/aromatic N) is 2. The van der Waals surface area contributed by atoms with Crippen molar-refractivity contribution >= 4 is 0 Å². The first-order valence-electron chi connectivity index (χ1n) is 8.22. The number of benzene rings is 3. The van der Waals surface area contributed by atoms with Crippen LogP contribution in [0, 0.1) is 0 Å². The molecule has 3 aromatic carbocycles. The quantitative estimate of drug-likeness (QED) is 0.443. The standard InChI is InChI=1S/C22H16N2/c1-3-9-16(10-4-1)21-22(17-11-5-2-6-12-17)24-19-14-8-7-13-18(19)15-20(24)23-21/h1-14H,15H2. The monoisotopic (exact) mass is 308 g/mol. The van der Waals surface area contributed by atoms with Gasteiger partial charge in [-0.05, 0) is 11.6 Å². The van der Waals surface area contributed by atoms with Crippen LogP contribution in [0.3, 0.4) is 0 Å². The molecule has 1 aliphatic rings. The maximum atomic E-state index is 5.02. The van der Waals surface area contributed by atoms with Crippen LogP contribution < -0.4 is 0 Å². The lowest BCUT2D eigenvalue weighted by Crippen LogP contribution is -1.96. The Bertz CT molecular complexity index is 1010. The molecule has 4 aromatic rings. The van der Waals surface area contributed by atoms with Crippen molar-refractivity contribution in [3.8, 4) is 28.2 Å². The molecule has 0 spiro atoms. The van der Waals surface area contributed by atoms with Crippen molar-refractivity contribution in [1.29, 1.82) is 0 Å². The summed E-state index contributed by atoms with van der Waals surface area (Å²) in [7, 11) is 0. The van der Waals surface area contributed by atoms with E-state index in [0.29, 0.717) is 0 Å². The highest BCUT2D eigenvalue weighted by molar-refractivity contribution is 5.81. The number of hydrogen-bond acceptors (Lipinski definition) is 1. The fourth-order valence-corrected chi connectivity index (χ4v) is 3.55. The largest absolute Gasteiger partial charge is 0.295 e. The van der Waals surface area contributed by atoms with E-state index in [9.17, 15) is 0 Å². The van der Waals surface area contributed by atoms with Gasteiger partial charge in [0.05, 0.1) is 17.1 Å². The van der Waals surface area contributed by atoms with Crippen LogP contribution in [0.1, 0.15) is 11.4 Å². The third kappa shape index (κ3) is 1.93. The van der Waals surface area contributed by atoms with Crippen LogP contribution in [-0.4, -0.2) is 9.55 Å². The van der Waals surface area contributed by atoms with Gasteiger partial charge >= 0.3 is 0 Å². The molecule has 0 aliphatic carbocycles. The maximum Gasteiger partial charge on any atom is 0.119 e. The van der Waals surface area contributed by atoms with Crippen molar-refractivity contribution in [2.75, 3.05) is 0 Å². The normalized spacial score (nSPS) is 12.0. The van der Waals surface area contributed by atoms with E-state index in [-0.39, 0.29) is 0 Å². The predicted octanol–water partition coefficient (Wildman–Crippen LogP) is 5.11. The van der Waals surface area contributed by atoms with E-state index in [2.05, 4.69) is 83.4 Å². The summed E-state index contributed by atoms with van der Waals surface area (Å²) < 4.78 is 2.33. The number of hydrogen-bond donors (Lipinski definition) is 0. The van der Waals surface area contributed by atoms with E-state index < -0.39 is 0 Å². The molecule has 0 radical (unpaired) electrons. The second-order valence-electron chi connectivity index (χ2n) is 6.10. The molecular weight excluding hydrogens is 292 g/mol. The van der Waals surface area contributed by atoms with Crippen molar-refractivity contribution in [1.82, 2.24) is 9.55 Å². The van der Waals surface area contributed by atoms with Crippen LogP contribution in [0.2, 0.25) is 0 Å². The smallest absolute Gasteiger partial charge is 0.119 e. The third-order valence-electron chi connectivity index (χ3n) is 4.62. The summed E-state index contributed by atoms with van der Waals surface area (Å²) in [6.45, 7) is 0. The van der Waals surface area contributed by atoms with Gasteiger partial charge in [0.1, 0.15) is 5.82 Å². The SMILES string of the molecule is c1ccc(-c2nc3n(c2-c2ccccc2)-c2ccccc2C3)cc1. The molecule has 24 heavy (non-hydrogen) atoms. The minimum absolute atomic E-state index is 0.892. The summed E-state index contributed by atoms with van der Waals surface area (Å²) in [5.41, 5.74) is 7.20. The van der Waals surface area contributed by atoms with Gasteiger partial charge < -0.3 is 0 Å². The minimum Gasteiger partial charge on any atom is -0.295 e. The molecule has 0 unspecified atom stereocenters. The zero-order valence-corrected chi connectivity index (χ0v) is 13.2. The molecule has 2 nitrogen and oxygen atoms in total. The van der Waals surface area contributed by atoms with Gasteiger partial charge in [0.2, 0.25) is 0 Å². The van der Waals surface area contributed by atoms with Crippen molar-refractivity contribution < 1.29 is 0 Å². The van der Waals surface area contributed by atoms with Crippen LogP contribution in [0.15, 0.2) is 84.9 Å². The average Bonchev–Trinajstić information content (AvgIpc) is 3.19. The number of fused-ring (bicyclic) bond motifs is 3. The Balaban J connectivity index is 1.83. The summed E-state index contributed by atoms with van der Waals surface area (Å²) in [6, 6.07) is 29.6. The van der Waals surface area contributed by atoms with Gasteiger partial charge in [-0.25, -0.2) is 4.98 Å². The van der Waals surface area contributed by atoms with Gasteiger partial charge in [0.15, 0.2) is 0 Å². The molecule has 0 bridgehead atoms. The van der Waals surface area contributed by atoms with Crippen LogP contribution in [0.4, 0.5) is 0 Å². The molecular formula is C22H16N2. The topological polar surface area (TPSA) is 17.8 Å². The van der Waals surface area contributed by atoms with Crippen molar-refractivity contribution in [3.63, 3.8) is 0 Å². The lowest BCUT2D eigenvalue weighted by molar-refractivity contribution is 1.00. The van der Waals surface area contributed by atoms with Gasteiger partial charge in [-0.2, -0.15) is 0 Å². The first-order valence-corrected chi connectivity index (χ1v) is 8.22. The molecule has 1 aliphatic heterocycles. The Kier molecular flexibility index (Phi) is 2.89. The number of aromatic nitrogens is 2. The fourth-order valence-electron chi connectivity index (χ4n) is 3.55. The van der Waals surface area contributed by atoms with E-state index in [0.717, 1.165) is 23.5 Å². The molecule has 2 heteroatoms. The Morgan fingerprint density at radius 3 is 2.04 bits per heavy atom. The molecule has 0 saturated carbocycles. The Morgan fingerprint density at radius 2 is 1.29 bits per heavy atom. The average molecular weight is 308 g/mol. The zero-order chi connectivity index (χ0) is 15.9. The van der Waals surface area contributed by atoms with Gasteiger partial charge in [-0.3, -0.25) is 4.57 Å². The van der Waals surface area contributed by atoms with Crippen molar-refractivity contribution in [3.05, 3.63) is 96.3 Å². The first kappa shape index (κ1) is 13.3. The second kappa shape index (κ2) is 5.20. The van der Waals surface area contributed by atoms with Crippen LogP contribution in [0.5, 0.6) is 0 Å². The van der Waals surface area contributed by atoms with E-state index in [1.165, 1.54) is 22.5 Å². The van der Waals surface area contributed by atoms with E-state index in [4.69, 9.17) is 4.98 Å². The molecule has 5 rings (SSSR count). The maximum absolute atomic E-state index is 5.02. The number of para-hydroxylation sites is 1. The molecule has 0 amide bonds. The molecule has 2 heterocycles. The number of rotatable bonds is 2. The lowest BCUT2D eigenvalue weighted by atomic mass is 10.0. The summed E-state index contributed by atoms with van der Waals surface area (Å²) >= 11 is 0. The second-order valence-corrected chi connectivity index (χ2v) is 6.10. The summed E-state index contributed by atoms with van der Waals surface area (Å²) in [6.07, 6.45) is 0.892. The van der Waals surface area contributed by atoms with E-state index in [1.54, 1.807) is 0 Å². The number of imidazole rings is 1. The van der Waals surface area contributed by atoms with Crippen LogP contribution >= 0.6 is 0 Å². The molecule has 1 aromatic heterocycles. The molecule has 0 atom stereocenters. The van der Waals surface area contributed by atoms with Gasteiger partial charge in [-0.1, -0.05) is 78.9 Å². The summed E-state index contributed by atoms with van der Waals surface area (Å²) in [5.74, 6) is 1.12. The molecule has 0 saturated heterocycles. The highest BCUT2D eigenvalue weighted by atomic mass is 15.1. The Hall–Kier alpha value is -3.13. The van der Waals surface area contributed by atoms with Gasteiger partial charge in [0.25, 0.3) is 0 Å². The first-order chi connectivity index (χ1) is 11.9. The summed E-state index contributed by atoms with van der Waals surface area (Å²) in [5, 5.41) is 0. The van der Waals surface area contributed by atoms with E-state index in [1.807, 2.05) is 6.07 Å².